The summed E-state index contributed by atoms with van der Waals surface area (Å²) in [6.07, 6.45) is 1.35. The summed E-state index contributed by atoms with van der Waals surface area (Å²) in [5, 5.41) is 6.10. The molecule has 0 radical (unpaired) electrons. The van der Waals surface area contributed by atoms with Crippen LogP contribution in [0.1, 0.15) is 25.0 Å². The van der Waals surface area contributed by atoms with E-state index >= 15 is 0 Å². The molecule has 1 amide bonds. The summed E-state index contributed by atoms with van der Waals surface area (Å²) >= 11 is 0. The second kappa shape index (κ2) is 6.36. The van der Waals surface area contributed by atoms with E-state index in [9.17, 15) is 13.2 Å². The zero-order valence-corrected chi connectivity index (χ0v) is 12.1. The Morgan fingerprint density at radius 1 is 1.55 bits per heavy atom. The van der Waals surface area contributed by atoms with Gasteiger partial charge in [-0.3, -0.25) is 4.79 Å². The van der Waals surface area contributed by atoms with Crippen LogP contribution in [0, 0.1) is 6.92 Å². The maximum Gasteiger partial charge on any atom is 0.226 e. The lowest BCUT2D eigenvalue weighted by Crippen LogP contribution is -2.25. The molecule has 7 nitrogen and oxygen atoms in total. The van der Waals surface area contributed by atoms with E-state index in [1.807, 2.05) is 0 Å². The molecule has 1 aromatic heterocycles. The first-order valence-electron chi connectivity index (χ1n) is 6.50. The molecule has 0 aliphatic carbocycles. The monoisotopic (exact) mass is 302 g/mol. The van der Waals surface area contributed by atoms with E-state index in [1.54, 1.807) is 13.0 Å². The Kier molecular flexibility index (Phi) is 4.77. The number of carbonyl (C=O) groups excluding carboxylic acids is 1. The van der Waals surface area contributed by atoms with Crippen molar-refractivity contribution < 1.29 is 22.5 Å². The number of amides is 1. The summed E-state index contributed by atoms with van der Waals surface area (Å²) in [6.45, 7) is 2.32. The van der Waals surface area contributed by atoms with E-state index in [0.29, 0.717) is 18.2 Å². The molecule has 1 atom stereocenters. The maximum atomic E-state index is 11.9. The number of rotatable bonds is 6. The average molecular weight is 302 g/mol. The van der Waals surface area contributed by atoms with Crippen molar-refractivity contribution in [3.05, 3.63) is 11.8 Å². The minimum atomic E-state index is -3.28. The number of aromatic nitrogens is 1. The summed E-state index contributed by atoms with van der Waals surface area (Å²) in [5.74, 6) is 0.281. The van der Waals surface area contributed by atoms with Crippen molar-refractivity contribution in [2.75, 3.05) is 23.4 Å². The number of ether oxygens (including phenoxy) is 1. The quantitative estimate of drug-likeness (QED) is 0.838. The lowest BCUT2D eigenvalue weighted by molar-refractivity contribution is -0.115. The number of sulfone groups is 1. The Morgan fingerprint density at radius 2 is 2.35 bits per heavy atom. The highest BCUT2D eigenvalue weighted by Gasteiger charge is 2.24. The van der Waals surface area contributed by atoms with Crippen LogP contribution in [-0.2, 0) is 19.4 Å². The van der Waals surface area contributed by atoms with E-state index in [-0.39, 0.29) is 24.0 Å². The largest absolute Gasteiger partial charge is 0.377 e. The Morgan fingerprint density at radius 3 is 2.95 bits per heavy atom. The van der Waals surface area contributed by atoms with Crippen LogP contribution in [0.2, 0.25) is 0 Å². The third-order valence-corrected chi connectivity index (χ3v) is 4.71. The Hall–Kier alpha value is -1.41. The van der Waals surface area contributed by atoms with Crippen LogP contribution in [0.15, 0.2) is 10.6 Å². The average Bonchev–Trinajstić information content (AvgIpc) is 2.99. The van der Waals surface area contributed by atoms with Crippen molar-refractivity contribution in [1.82, 2.24) is 5.16 Å². The van der Waals surface area contributed by atoms with Crippen LogP contribution in [0.25, 0.3) is 0 Å². The van der Waals surface area contributed by atoms with Gasteiger partial charge in [0.25, 0.3) is 0 Å². The molecule has 0 aromatic carbocycles. The van der Waals surface area contributed by atoms with Crippen molar-refractivity contribution in [2.24, 2.45) is 0 Å². The minimum absolute atomic E-state index is 0.0106. The second-order valence-electron chi connectivity index (χ2n) is 4.87. The second-order valence-corrected chi connectivity index (χ2v) is 7.10. The van der Waals surface area contributed by atoms with E-state index in [2.05, 4.69) is 10.5 Å². The highest BCUT2D eigenvalue weighted by atomic mass is 32.2. The van der Waals surface area contributed by atoms with Gasteiger partial charge in [0, 0.05) is 19.1 Å². The molecule has 1 N–H and O–H groups in total. The summed E-state index contributed by atoms with van der Waals surface area (Å²) < 4.78 is 33.8. The number of aryl methyl sites for hydroxylation is 1. The molecule has 1 aliphatic rings. The number of hydrogen-bond donors (Lipinski definition) is 1. The maximum absolute atomic E-state index is 11.9. The molecule has 0 saturated carbocycles. The molecule has 8 heteroatoms. The number of anilines is 1. The molecule has 1 aromatic rings. The molecular weight excluding hydrogens is 284 g/mol. The molecule has 0 unspecified atom stereocenters. The summed E-state index contributed by atoms with van der Waals surface area (Å²) in [4.78, 5) is 11.6. The van der Waals surface area contributed by atoms with Crippen molar-refractivity contribution in [2.45, 2.75) is 32.3 Å². The van der Waals surface area contributed by atoms with Crippen molar-refractivity contribution >= 4 is 21.6 Å². The zero-order chi connectivity index (χ0) is 14.6. The Labute approximate surface area is 117 Å². The molecule has 0 spiro atoms. The first-order valence-corrected chi connectivity index (χ1v) is 8.32. The topological polar surface area (TPSA) is 98.5 Å². The van der Waals surface area contributed by atoms with E-state index in [0.717, 1.165) is 12.8 Å². The first-order chi connectivity index (χ1) is 9.44. The fourth-order valence-electron chi connectivity index (χ4n) is 2.02. The van der Waals surface area contributed by atoms with Gasteiger partial charge in [-0.2, -0.15) is 0 Å². The van der Waals surface area contributed by atoms with Gasteiger partial charge >= 0.3 is 0 Å². The van der Waals surface area contributed by atoms with Crippen molar-refractivity contribution in [3.63, 3.8) is 0 Å². The molecular formula is C12H18N2O5S. The van der Waals surface area contributed by atoms with Crippen LogP contribution < -0.4 is 5.32 Å². The third-order valence-electron chi connectivity index (χ3n) is 3.00. The van der Waals surface area contributed by atoms with Gasteiger partial charge in [0.05, 0.1) is 17.6 Å². The zero-order valence-electron chi connectivity index (χ0n) is 11.3. The number of hydrogen-bond acceptors (Lipinski definition) is 6. The van der Waals surface area contributed by atoms with Crippen LogP contribution in [0.5, 0.6) is 0 Å². The fourth-order valence-corrected chi connectivity index (χ4v) is 3.51. The summed E-state index contributed by atoms with van der Waals surface area (Å²) in [6, 6.07) is 1.57. The van der Waals surface area contributed by atoms with Crippen LogP contribution >= 0.6 is 0 Å². The van der Waals surface area contributed by atoms with Gasteiger partial charge in [-0.15, -0.1) is 0 Å². The molecule has 20 heavy (non-hydrogen) atoms. The van der Waals surface area contributed by atoms with E-state index in [4.69, 9.17) is 9.26 Å². The summed E-state index contributed by atoms with van der Waals surface area (Å²) in [7, 11) is -3.28. The predicted molar refractivity (Wildman–Crippen MR) is 72.1 cm³/mol. The number of carbonyl (C=O) groups is 1. The number of nitrogens with one attached hydrogen (secondary N) is 1. The van der Waals surface area contributed by atoms with Crippen molar-refractivity contribution in [3.8, 4) is 0 Å². The van der Waals surface area contributed by atoms with Crippen molar-refractivity contribution in [1.29, 1.82) is 0 Å². The Bertz CT molecular complexity index is 560. The molecule has 1 saturated heterocycles. The minimum Gasteiger partial charge on any atom is -0.377 e. The molecule has 0 bridgehead atoms. The summed E-state index contributed by atoms with van der Waals surface area (Å²) in [5.41, 5.74) is 0. The Balaban J connectivity index is 1.77. The standard InChI is InChI=1S/C12H18N2O5S/c1-9-7-11(14-19-9)13-12(15)4-6-20(16,17)8-10-3-2-5-18-10/h7,10H,2-6,8H2,1H3,(H,13,14,15)/t10-/m1/s1. The highest BCUT2D eigenvalue weighted by Crippen LogP contribution is 2.15. The molecule has 2 heterocycles. The highest BCUT2D eigenvalue weighted by molar-refractivity contribution is 7.91. The number of nitrogens with zero attached hydrogens (tertiary/aromatic N) is 1. The lowest BCUT2D eigenvalue weighted by atomic mass is 10.3. The fraction of sp³-hybridized carbons (Fsp3) is 0.667. The van der Waals surface area contributed by atoms with Crippen LogP contribution in [0.4, 0.5) is 5.82 Å². The molecule has 1 fully saturated rings. The first kappa shape index (κ1) is 15.0. The van der Waals surface area contributed by atoms with Gasteiger partial charge in [-0.1, -0.05) is 5.16 Å². The van der Waals surface area contributed by atoms with Gasteiger partial charge in [-0.25, -0.2) is 8.42 Å². The van der Waals surface area contributed by atoms with Gasteiger partial charge in [-0.05, 0) is 19.8 Å². The normalized spacial score (nSPS) is 19.1. The molecule has 2 rings (SSSR count). The van der Waals surface area contributed by atoms with Gasteiger partial charge in [0.2, 0.25) is 5.91 Å². The lowest BCUT2D eigenvalue weighted by Gasteiger charge is -2.09. The van der Waals surface area contributed by atoms with E-state index < -0.39 is 15.7 Å². The smallest absolute Gasteiger partial charge is 0.226 e. The van der Waals surface area contributed by atoms with Gasteiger partial charge < -0.3 is 14.6 Å². The van der Waals surface area contributed by atoms with Crippen LogP contribution in [0.3, 0.4) is 0 Å². The molecule has 112 valence electrons. The predicted octanol–water partition coefficient (Wildman–Crippen LogP) is 0.905. The third kappa shape index (κ3) is 4.61. The van der Waals surface area contributed by atoms with Gasteiger partial charge in [0.1, 0.15) is 5.76 Å². The van der Waals surface area contributed by atoms with Crippen LogP contribution in [-0.4, -0.2) is 43.7 Å². The SMILES string of the molecule is Cc1cc(NC(=O)CCS(=O)(=O)C[C@H]2CCCO2)no1. The van der Waals surface area contributed by atoms with Gasteiger partial charge in [0.15, 0.2) is 15.7 Å². The molecule has 1 aliphatic heterocycles. The van der Waals surface area contributed by atoms with E-state index in [1.165, 1.54) is 0 Å².